The second-order valence-corrected chi connectivity index (χ2v) is 6.13. The van der Waals surface area contributed by atoms with E-state index in [9.17, 15) is 0 Å². The van der Waals surface area contributed by atoms with Crippen LogP contribution in [0.5, 0.6) is 0 Å². The SMILES string of the molecule is CC1CCC(N(C)C2CCCNC2)C(C)C1. The molecule has 16 heavy (non-hydrogen) atoms. The van der Waals surface area contributed by atoms with Crippen LogP contribution in [0.15, 0.2) is 0 Å². The predicted molar refractivity (Wildman–Crippen MR) is 69.6 cm³/mol. The Labute approximate surface area is 101 Å². The van der Waals surface area contributed by atoms with E-state index in [2.05, 4.69) is 31.1 Å². The lowest BCUT2D eigenvalue weighted by molar-refractivity contribution is 0.0693. The molecule has 4 atom stereocenters. The van der Waals surface area contributed by atoms with Crippen LogP contribution >= 0.6 is 0 Å². The molecule has 1 saturated heterocycles. The third-order valence-electron chi connectivity index (χ3n) is 4.76. The molecule has 1 saturated carbocycles. The van der Waals surface area contributed by atoms with Crippen molar-refractivity contribution in [1.82, 2.24) is 10.2 Å². The van der Waals surface area contributed by atoms with Crippen LogP contribution < -0.4 is 5.32 Å². The predicted octanol–water partition coefficient (Wildman–Crippen LogP) is 2.49. The molecular formula is C14H28N2. The van der Waals surface area contributed by atoms with Crippen molar-refractivity contribution in [2.45, 2.75) is 58.0 Å². The molecule has 0 aromatic carbocycles. The van der Waals surface area contributed by atoms with Crippen molar-refractivity contribution in [3.63, 3.8) is 0 Å². The molecule has 2 rings (SSSR count). The summed E-state index contributed by atoms with van der Waals surface area (Å²) in [5, 5.41) is 3.54. The molecule has 0 aromatic rings. The first-order valence-corrected chi connectivity index (χ1v) is 7.11. The highest BCUT2D eigenvalue weighted by Gasteiger charge is 2.31. The molecular weight excluding hydrogens is 196 g/mol. The molecule has 2 fully saturated rings. The smallest absolute Gasteiger partial charge is 0.0221 e. The third kappa shape index (κ3) is 2.78. The molecule has 2 heteroatoms. The van der Waals surface area contributed by atoms with Gasteiger partial charge in [0.25, 0.3) is 0 Å². The largest absolute Gasteiger partial charge is 0.315 e. The Morgan fingerprint density at radius 2 is 1.94 bits per heavy atom. The van der Waals surface area contributed by atoms with E-state index in [-0.39, 0.29) is 0 Å². The van der Waals surface area contributed by atoms with Crippen molar-refractivity contribution in [3.8, 4) is 0 Å². The highest BCUT2D eigenvalue weighted by molar-refractivity contribution is 4.87. The topological polar surface area (TPSA) is 15.3 Å². The van der Waals surface area contributed by atoms with E-state index in [4.69, 9.17) is 0 Å². The van der Waals surface area contributed by atoms with Crippen LogP contribution in [0.4, 0.5) is 0 Å². The van der Waals surface area contributed by atoms with Crippen molar-refractivity contribution in [2.24, 2.45) is 11.8 Å². The van der Waals surface area contributed by atoms with Gasteiger partial charge in [-0.3, -0.25) is 4.90 Å². The minimum absolute atomic E-state index is 0.787. The van der Waals surface area contributed by atoms with Crippen LogP contribution in [0.2, 0.25) is 0 Å². The average Bonchev–Trinajstić information content (AvgIpc) is 2.29. The van der Waals surface area contributed by atoms with Gasteiger partial charge in [0.1, 0.15) is 0 Å². The van der Waals surface area contributed by atoms with Crippen molar-refractivity contribution in [2.75, 3.05) is 20.1 Å². The summed E-state index contributed by atoms with van der Waals surface area (Å²) in [6, 6.07) is 1.62. The van der Waals surface area contributed by atoms with Gasteiger partial charge in [0, 0.05) is 18.6 Å². The fraction of sp³-hybridized carbons (Fsp3) is 1.00. The van der Waals surface area contributed by atoms with E-state index in [0.29, 0.717) is 0 Å². The first kappa shape index (κ1) is 12.4. The molecule has 0 bridgehead atoms. The van der Waals surface area contributed by atoms with Crippen molar-refractivity contribution < 1.29 is 0 Å². The second-order valence-electron chi connectivity index (χ2n) is 6.13. The normalized spacial score (nSPS) is 41.2. The molecule has 1 aliphatic carbocycles. The van der Waals surface area contributed by atoms with E-state index >= 15 is 0 Å². The van der Waals surface area contributed by atoms with Gasteiger partial charge in [0.05, 0.1) is 0 Å². The molecule has 1 heterocycles. The lowest BCUT2D eigenvalue weighted by Gasteiger charge is -2.43. The van der Waals surface area contributed by atoms with Crippen LogP contribution in [0.3, 0.4) is 0 Å². The molecule has 0 radical (unpaired) electrons. The molecule has 0 amide bonds. The summed E-state index contributed by atoms with van der Waals surface area (Å²) in [5.41, 5.74) is 0. The van der Waals surface area contributed by atoms with Gasteiger partial charge >= 0.3 is 0 Å². The second kappa shape index (κ2) is 5.50. The Morgan fingerprint density at radius 3 is 2.56 bits per heavy atom. The zero-order chi connectivity index (χ0) is 11.5. The van der Waals surface area contributed by atoms with Gasteiger partial charge in [-0.2, -0.15) is 0 Å². The van der Waals surface area contributed by atoms with E-state index in [1.54, 1.807) is 0 Å². The number of nitrogens with one attached hydrogen (secondary N) is 1. The molecule has 2 aliphatic rings. The number of hydrogen-bond acceptors (Lipinski definition) is 2. The highest BCUT2D eigenvalue weighted by atomic mass is 15.2. The standard InChI is InChI=1S/C14H28N2/c1-11-6-7-14(12(2)9-11)16(3)13-5-4-8-15-10-13/h11-15H,4-10H2,1-3H3. The summed E-state index contributed by atoms with van der Waals surface area (Å²) in [7, 11) is 2.36. The van der Waals surface area contributed by atoms with E-state index in [1.165, 1.54) is 45.2 Å². The summed E-state index contributed by atoms with van der Waals surface area (Å²) in [4.78, 5) is 2.68. The summed E-state index contributed by atoms with van der Waals surface area (Å²) >= 11 is 0. The first-order chi connectivity index (χ1) is 7.68. The zero-order valence-electron chi connectivity index (χ0n) is 11.2. The van der Waals surface area contributed by atoms with Crippen molar-refractivity contribution in [3.05, 3.63) is 0 Å². The van der Waals surface area contributed by atoms with Gasteiger partial charge in [-0.05, 0) is 57.5 Å². The number of likely N-dealkylation sites (N-methyl/N-ethyl adjacent to an activating group) is 1. The van der Waals surface area contributed by atoms with Crippen LogP contribution in [-0.4, -0.2) is 37.1 Å². The quantitative estimate of drug-likeness (QED) is 0.775. The molecule has 0 spiro atoms. The lowest BCUT2D eigenvalue weighted by Crippen LogP contribution is -2.51. The molecule has 1 N–H and O–H groups in total. The third-order valence-corrected chi connectivity index (χ3v) is 4.76. The summed E-state index contributed by atoms with van der Waals surface area (Å²) in [6.07, 6.45) is 7.01. The van der Waals surface area contributed by atoms with Crippen molar-refractivity contribution in [1.29, 1.82) is 0 Å². The zero-order valence-corrected chi connectivity index (χ0v) is 11.2. The summed E-state index contributed by atoms with van der Waals surface area (Å²) < 4.78 is 0. The molecule has 4 unspecified atom stereocenters. The maximum absolute atomic E-state index is 3.54. The minimum Gasteiger partial charge on any atom is -0.315 e. The average molecular weight is 224 g/mol. The first-order valence-electron chi connectivity index (χ1n) is 7.11. The van der Waals surface area contributed by atoms with Gasteiger partial charge in [-0.15, -0.1) is 0 Å². The van der Waals surface area contributed by atoms with E-state index in [0.717, 1.165) is 23.9 Å². The van der Waals surface area contributed by atoms with Gasteiger partial charge < -0.3 is 5.32 Å². The summed E-state index contributed by atoms with van der Waals surface area (Å²) in [5.74, 6) is 1.83. The van der Waals surface area contributed by atoms with Gasteiger partial charge in [0.2, 0.25) is 0 Å². The Hall–Kier alpha value is -0.0800. The maximum atomic E-state index is 3.54. The Kier molecular flexibility index (Phi) is 4.26. The number of rotatable bonds is 2. The molecule has 1 aliphatic heterocycles. The van der Waals surface area contributed by atoms with Crippen LogP contribution in [0, 0.1) is 11.8 Å². The van der Waals surface area contributed by atoms with Gasteiger partial charge in [0.15, 0.2) is 0 Å². The fourth-order valence-electron chi connectivity index (χ4n) is 3.71. The molecule has 2 nitrogen and oxygen atoms in total. The highest BCUT2D eigenvalue weighted by Crippen LogP contribution is 2.32. The lowest BCUT2D eigenvalue weighted by atomic mass is 9.78. The van der Waals surface area contributed by atoms with Gasteiger partial charge in [-0.1, -0.05) is 13.8 Å². The number of piperidine rings is 1. The maximum Gasteiger partial charge on any atom is 0.0221 e. The Bertz CT molecular complexity index is 211. The van der Waals surface area contributed by atoms with Crippen molar-refractivity contribution >= 4 is 0 Å². The van der Waals surface area contributed by atoms with Crippen LogP contribution in [-0.2, 0) is 0 Å². The Morgan fingerprint density at radius 1 is 1.12 bits per heavy atom. The van der Waals surface area contributed by atoms with Crippen LogP contribution in [0.1, 0.15) is 46.0 Å². The van der Waals surface area contributed by atoms with Gasteiger partial charge in [-0.25, -0.2) is 0 Å². The van der Waals surface area contributed by atoms with E-state index in [1.807, 2.05) is 0 Å². The number of hydrogen-bond donors (Lipinski definition) is 1. The fourth-order valence-corrected chi connectivity index (χ4v) is 3.71. The Balaban J connectivity index is 1.90. The van der Waals surface area contributed by atoms with Crippen LogP contribution in [0.25, 0.3) is 0 Å². The molecule has 94 valence electrons. The molecule has 0 aromatic heterocycles. The summed E-state index contributed by atoms with van der Waals surface area (Å²) in [6.45, 7) is 7.29. The monoisotopic (exact) mass is 224 g/mol. The van der Waals surface area contributed by atoms with E-state index < -0.39 is 0 Å². The minimum atomic E-state index is 0.787. The number of nitrogens with zero attached hydrogens (tertiary/aromatic N) is 1.